The van der Waals surface area contributed by atoms with E-state index < -0.39 is 0 Å². The van der Waals surface area contributed by atoms with Gasteiger partial charge in [-0.1, -0.05) is 0 Å². The van der Waals surface area contributed by atoms with Crippen LogP contribution in [0.4, 0.5) is 0 Å². The number of fused-ring (bicyclic) bond motifs is 1. The molecule has 112 valence electrons. The van der Waals surface area contributed by atoms with Gasteiger partial charge in [-0.25, -0.2) is 14.5 Å². The first kappa shape index (κ1) is 13.0. The fourth-order valence-corrected chi connectivity index (χ4v) is 3.03. The maximum atomic E-state index is 12.9. The molecule has 0 radical (unpaired) electrons. The lowest BCUT2D eigenvalue weighted by atomic mass is 10.2. The number of hydrogen-bond acceptors (Lipinski definition) is 4. The summed E-state index contributed by atoms with van der Waals surface area (Å²) in [5, 5.41) is 4.20. The Labute approximate surface area is 127 Å². The Morgan fingerprint density at radius 3 is 3.09 bits per heavy atom. The van der Waals surface area contributed by atoms with Crippen molar-refractivity contribution in [1.82, 2.24) is 29.5 Å². The highest BCUT2D eigenvalue weighted by molar-refractivity contribution is 5.99. The topological polar surface area (TPSA) is 79.2 Å². The van der Waals surface area contributed by atoms with Gasteiger partial charge in [0.1, 0.15) is 11.4 Å². The van der Waals surface area contributed by atoms with E-state index in [1.807, 2.05) is 11.8 Å². The number of rotatable bonds is 2. The fourth-order valence-electron chi connectivity index (χ4n) is 3.03. The van der Waals surface area contributed by atoms with Gasteiger partial charge in [-0.15, -0.1) is 0 Å². The molecular weight excluding hydrogens is 280 g/mol. The summed E-state index contributed by atoms with van der Waals surface area (Å²) in [5.41, 5.74) is 2.14. The van der Waals surface area contributed by atoms with Crippen LogP contribution >= 0.6 is 0 Å². The third-order valence-corrected chi connectivity index (χ3v) is 4.06. The van der Waals surface area contributed by atoms with Gasteiger partial charge in [0.05, 0.1) is 12.2 Å². The van der Waals surface area contributed by atoms with Crippen molar-refractivity contribution in [3.05, 3.63) is 47.9 Å². The molecule has 7 heteroatoms. The average Bonchev–Trinajstić information content (AvgIpc) is 3.25. The number of aromatic amines is 1. The van der Waals surface area contributed by atoms with Gasteiger partial charge in [-0.05, 0) is 25.8 Å². The van der Waals surface area contributed by atoms with E-state index in [9.17, 15) is 4.79 Å². The zero-order chi connectivity index (χ0) is 15.1. The van der Waals surface area contributed by atoms with Crippen LogP contribution in [0.5, 0.6) is 0 Å². The van der Waals surface area contributed by atoms with Crippen molar-refractivity contribution in [1.29, 1.82) is 0 Å². The lowest BCUT2D eigenvalue weighted by molar-refractivity contribution is 0.0732. The summed E-state index contributed by atoms with van der Waals surface area (Å²) in [7, 11) is 0. The number of hydrogen-bond donors (Lipinski definition) is 1. The number of imidazole rings is 1. The maximum Gasteiger partial charge on any atom is 0.259 e. The number of likely N-dealkylation sites (tertiary alicyclic amines) is 1. The molecule has 1 fully saturated rings. The molecular formula is C15H16N6O. The van der Waals surface area contributed by atoms with E-state index in [0.717, 1.165) is 30.9 Å². The standard InChI is InChI=1S/C15H16N6O/c1-10-8-17-13(19-10)12-4-2-6-20(12)15(22)11-9-18-21-7-3-5-16-14(11)21/h3,5,7-9,12H,2,4,6H2,1H3,(H,17,19). The van der Waals surface area contributed by atoms with Crippen LogP contribution in [-0.2, 0) is 0 Å². The Morgan fingerprint density at radius 2 is 2.27 bits per heavy atom. The molecule has 7 nitrogen and oxygen atoms in total. The Kier molecular flexibility index (Phi) is 2.92. The van der Waals surface area contributed by atoms with Crippen LogP contribution in [0.3, 0.4) is 0 Å². The second-order valence-corrected chi connectivity index (χ2v) is 5.55. The summed E-state index contributed by atoms with van der Waals surface area (Å²) < 4.78 is 1.62. The van der Waals surface area contributed by atoms with Gasteiger partial charge in [0.25, 0.3) is 5.91 Å². The molecule has 1 N–H and O–H groups in total. The average molecular weight is 296 g/mol. The van der Waals surface area contributed by atoms with Crippen LogP contribution in [0.1, 0.15) is 40.8 Å². The number of amides is 1. The number of aromatic nitrogens is 5. The van der Waals surface area contributed by atoms with E-state index >= 15 is 0 Å². The monoisotopic (exact) mass is 296 g/mol. The van der Waals surface area contributed by atoms with E-state index in [1.165, 1.54) is 0 Å². The van der Waals surface area contributed by atoms with Crippen LogP contribution in [0.25, 0.3) is 5.65 Å². The molecule has 0 aromatic carbocycles. The summed E-state index contributed by atoms with van der Waals surface area (Å²) in [6.07, 6.45) is 8.75. The van der Waals surface area contributed by atoms with Crippen molar-refractivity contribution in [2.24, 2.45) is 0 Å². The van der Waals surface area contributed by atoms with Gasteiger partial charge in [-0.3, -0.25) is 4.79 Å². The lowest BCUT2D eigenvalue weighted by Crippen LogP contribution is -2.31. The molecule has 4 heterocycles. The summed E-state index contributed by atoms with van der Waals surface area (Å²) in [5.74, 6) is 0.818. The molecule has 1 aliphatic rings. The lowest BCUT2D eigenvalue weighted by Gasteiger charge is -2.22. The summed E-state index contributed by atoms with van der Waals surface area (Å²) in [4.78, 5) is 26.7. The molecule has 1 saturated heterocycles. The first-order valence-corrected chi connectivity index (χ1v) is 7.35. The third-order valence-electron chi connectivity index (χ3n) is 4.06. The molecule has 1 aliphatic heterocycles. The number of aryl methyl sites for hydroxylation is 1. The molecule has 0 aliphatic carbocycles. The van der Waals surface area contributed by atoms with Crippen molar-refractivity contribution in [3.63, 3.8) is 0 Å². The quantitative estimate of drug-likeness (QED) is 0.781. The number of H-pyrrole nitrogens is 1. The van der Waals surface area contributed by atoms with E-state index in [1.54, 1.807) is 35.4 Å². The van der Waals surface area contributed by atoms with E-state index in [4.69, 9.17) is 0 Å². The largest absolute Gasteiger partial charge is 0.344 e. The second-order valence-electron chi connectivity index (χ2n) is 5.55. The van der Waals surface area contributed by atoms with E-state index in [-0.39, 0.29) is 11.9 Å². The highest BCUT2D eigenvalue weighted by atomic mass is 16.2. The van der Waals surface area contributed by atoms with Crippen molar-refractivity contribution in [2.45, 2.75) is 25.8 Å². The normalized spacial score (nSPS) is 18.2. The molecule has 3 aromatic rings. The Morgan fingerprint density at radius 1 is 1.36 bits per heavy atom. The molecule has 0 bridgehead atoms. The predicted octanol–water partition coefficient (Wildman–Crippen LogP) is 1.74. The van der Waals surface area contributed by atoms with E-state index in [2.05, 4.69) is 20.1 Å². The third kappa shape index (κ3) is 1.97. The Hall–Kier alpha value is -2.70. The summed E-state index contributed by atoms with van der Waals surface area (Å²) in [6, 6.07) is 1.79. The van der Waals surface area contributed by atoms with Gasteiger partial charge >= 0.3 is 0 Å². The SMILES string of the molecule is Cc1cnc(C2CCCN2C(=O)c2cnn3cccnc23)[nH]1. The molecule has 1 amide bonds. The van der Waals surface area contributed by atoms with Crippen molar-refractivity contribution in [3.8, 4) is 0 Å². The van der Waals surface area contributed by atoms with Gasteiger partial charge in [0.15, 0.2) is 5.65 Å². The zero-order valence-corrected chi connectivity index (χ0v) is 12.2. The van der Waals surface area contributed by atoms with Gasteiger partial charge < -0.3 is 9.88 Å². The van der Waals surface area contributed by atoms with Crippen molar-refractivity contribution < 1.29 is 4.79 Å². The molecule has 4 rings (SSSR count). The van der Waals surface area contributed by atoms with Gasteiger partial charge in [0, 0.05) is 30.8 Å². The number of nitrogens with zero attached hydrogens (tertiary/aromatic N) is 5. The van der Waals surface area contributed by atoms with Crippen LogP contribution in [-0.4, -0.2) is 41.9 Å². The second kappa shape index (κ2) is 4.94. The molecule has 1 unspecified atom stereocenters. The minimum Gasteiger partial charge on any atom is -0.344 e. The number of carbonyl (C=O) groups excluding carboxylic acids is 1. The smallest absolute Gasteiger partial charge is 0.259 e. The first-order chi connectivity index (χ1) is 10.7. The molecule has 0 spiro atoms. The van der Waals surface area contributed by atoms with Gasteiger partial charge in [0.2, 0.25) is 0 Å². The fraction of sp³-hybridized carbons (Fsp3) is 0.333. The molecule has 1 atom stereocenters. The minimum absolute atomic E-state index is 0.000128. The molecule has 0 saturated carbocycles. The van der Waals surface area contributed by atoms with Gasteiger partial charge in [-0.2, -0.15) is 5.10 Å². The maximum absolute atomic E-state index is 12.9. The minimum atomic E-state index is -0.0368. The van der Waals surface area contributed by atoms with Crippen LogP contribution in [0.2, 0.25) is 0 Å². The summed E-state index contributed by atoms with van der Waals surface area (Å²) >= 11 is 0. The highest BCUT2D eigenvalue weighted by Gasteiger charge is 2.33. The molecule has 3 aromatic heterocycles. The van der Waals surface area contributed by atoms with Crippen LogP contribution in [0.15, 0.2) is 30.9 Å². The van der Waals surface area contributed by atoms with Crippen molar-refractivity contribution >= 4 is 11.6 Å². The number of nitrogens with one attached hydrogen (secondary N) is 1. The summed E-state index contributed by atoms with van der Waals surface area (Å²) in [6.45, 7) is 2.69. The highest BCUT2D eigenvalue weighted by Crippen LogP contribution is 2.31. The number of carbonyl (C=O) groups is 1. The molecule has 22 heavy (non-hydrogen) atoms. The predicted molar refractivity (Wildman–Crippen MR) is 79.3 cm³/mol. The zero-order valence-electron chi connectivity index (χ0n) is 12.2. The Balaban J connectivity index is 1.69. The first-order valence-electron chi connectivity index (χ1n) is 7.35. The Bertz CT molecular complexity index is 835. The van der Waals surface area contributed by atoms with Crippen molar-refractivity contribution in [2.75, 3.05) is 6.54 Å². The van der Waals surface area contributed by atoms with E-state index in [0.29, 0.717) is 11.2 Å². The van der Waals surface area contributed by atoms with Crippen LogP contribution < -0.4 is 0 Å². The van der Waals surface area contributed by atoms with Crippen LogP contribution in [0, 0.1) is 6.92 Å².